The van der Waals surface area contributed by atoms with Crippen LogP contribution in [0.2, 0.25) is 0 Å². The highest BCUT2D eigenvalue weighted by Gasteiger charge is 2.27. The van der Waals surface area contributed by atoms with Crippen molar-refractivity contribution in [3.05, 3.63) is 82.1 Å². The number of para-hydroxylation sites is 1. The van der Waals surface area contributed by atoms with E-state index in [0.717, 1.165) is 28.4 Å². The van der Waals surface area contributed by atoms with Crippen molar-refractivity contribution in [2.24, 2.45) is 0 Å². The van der Waals surface area contributed by atoms with Crippen molar-refractivity contribution in [3.8, 4) is 0 Å². The van der Waals surface area contributed by atoms with Crippen LogP contribution in [0.1, 0.15) is 50.3 Å². The molecule has 0 atom stereocenters. The van der Waals surface area contributed by atoms with Gasteiger partial charge in [-0.1, -0.05) is 24.3 Å². The molecule has 3 aromatic heterocycles. The van der Waals surface area contributed by atoms with E-state index in [1.165, 1.54) is 0 Å². The van der Waals surface area contributed by atoms with Gasteiger partial charge >= 0.3 is 5.97 Å². The number of esters is 1. The molecule has 0 bridgehead atoms. The van der Waals surface area contributed by atoms with Crippen molar-refractivity contribution in [1.29, 1.82) is 0 Å². The fourth-order valence-electron chi connectivity index (χ4n) is 3.86. The Kier molecular flexibility index (Phi) is 7.26. The standard InChI is InChI=1S/C26H26N4O4S/c1-4-34-26(33)22-16(2)23(24(32)28-18-10-6-5-7-11-18)35-25(22)29-21(31)14-13-19-17(3)27-20-12-8-9-15-30(19)20/h5-12,15H,4,13-14H2,1-3H3,(H,28,32)(H,29,31). The molecule has 0 saturated carbocycles. The third kappa shape index (κ3) is 5.25. The first-order valence-electron chi connectivity index (χ1n) is 11.3. The summed E-state index contributed by atoms with van der Waals surface area (Å²) in [6.45, 7) is 5.49. The number of nitrogens with one attached hydrogen (secondary N) is 2. The summed E-state index contributed by atoms with van der Waals surface area (Å²) in [5, 5.41) is 5.96. The number of aryl methyl sites for hydroxylation is 2. The number of thiophene rings is 1. The van der Waals surface area contributed by atoms with Gasteiger partial charge in [0.25, 0.3) is 5.91 Å². The zero-order valence-electron chi connectivity index (χ0n) is 19.8. The fraction of sp³-hybridized carbons (Fsp3) is 0.231. The first-order valence-corrected chi connectivity index (χ1v) is 12.1. The first kappa shape index (κ1) is 24.2. The Hall–Kier alpha value is -3.98. The Balaban J connectivity index is 1.54. The lowest BCUT2D eigenvalue weighted by Crippen LogP contribution is -2.16. The van der Waals surface area contributed by atoms with E-state index >= 15 is 0 Å². The van der Waals surface area contributed by atoms with Gasteiger partial charge in [0.05, 0.1) is 22.7 Å². The largest absolute Gasteiger partial charge is 0.462 e. The summed E-state index contributed by atoms with van der Waals surface area (Å²) in [4.78, 5) is 43.4. The SMILES string of the molecule is CCOC(=O)c1c(NC(=O)CCc2c(C)nc3ccccn23)sc(C(=O)Nc2ccccc2)c1C. The summed E-state index contributed by atoms with van der Waals surface area (Å²) < 4.78 is 7.16. The minimum Gasteiger partial charge on any atom is -0.462 e. The molecular weight excluding hydrogens is 464 g/mol. The number of nitrogens with zero attached hydrogens (tertiary/aromatic N) is 2. The van der Waals surface area contributed by atoms with Gasteiger partial charge in [-0.25, -0.2) is 9.78 Å². The van der Waals surface area contributed by atoms with Crippen molar-refractivity contribution in [2.45, 2.75) is 33.6 Å². The topological polar surface area (TPSA) is 102 Å². The third-order valence-electron chi connectivity index (χ3n) is 5.54. The van der Waals surface area contributed by atoms with Gasteiger partial charge in [0.15, 0.2) is 0 Å². The molecule has 9 heteroatoms. The highest BCUT2D eigenvalue weighted by Crippen LogP contribution is 2.34. The molecule has 2 amide bonds. The molecule has 35 heavy (non-hydrogen) atoms. The number of imidazole rings is 1. The number of benzene rings is 1. The number of hydrogen-bond acceptors (Lipinski definition) is 6. The Morgan fingerprint density at radius 3 is 2.51 bits per heavy atom. The van der Waals surface area contributed by atoms with Crippen LogP contribution < -0.4 is 10.6 Å². The highest BCUT2D eigenvalue weighted by molar-refractivity contribution is 7.18. The summed E-state index contributed by atoms with van der Waals surface area (Å²) >= 11 is 1.06. The zero-order chi connectivity index (χ0) is 24.9. The lowest BCUT2D eigenvalue weighted by Gasteiger charge is -2.07. The number of rotatable bonds is 8. The van der Waals surface area contributed by atoms with Crippen molar-refractivity contribution in [2.75, 3.05) is 17.2 Å². The van der Waals surface area contributed by atoms with Gasteiger partial charge in [0, 0.05) is 24.0 Å². The summed E-state index contributed by atoms with van der Waals surface area (Å²) in [7, 11) is 0. The average Bonchev–Trinajstić information content (AvgIpc) is 3.34. The monoisotopic (exact) mass is 490 g/mol. The minimum absolute atomic E-state index is 0.181. The number of aromatic nitrogens is 2. The molecule has 4 aromatic rings. The van der Waals surface area contributed by atoms with Crippen LogP contribution in [0.5, 0.6) is 0 Å². The molecule has 0 fully saturated rings. The molecule has 8 nitrogen and oxygen atoms in total. The predicted molar refractivity (Wildman–Crippen MR) is 136 cm³/mol. The Bertz CT molecular complexity index is 1390. The molecule has 0 aliphatic rings. The quantitative estimate of drug-likeness (QED) is 0.338. The number of hydrogen-bond donors (Lipinski definition) is 2. The Morgan fingerprint density at radius 2 is 1.77 bits per heavy atom. The van der Waals surface area contributed by atoms with Gasteiger partial charge in [-0.2, -0.15) is 0 Å². The number of pyridine rings is 1. The van der Waals surface area contributed by atoms with Crippen LogP contribution in [0, 0.1) is 13.8 Å². The molecular formula is C26H26N4O4S. The van der Waals surface area contributed by atoms with Crippen LogP contribution in [0.3, 0.4) is 0 Å². The first-order chi connectivity index (χ1) is 16.9. The molecule has 4 rings (SSSR count). The smallest absolute Gasteiger partial charge is 0.341 e. The summed E-state index contributed by atoms with van der Waals surface area (Å²) in [6, 6.07) is 14.8. The van der Waals surface area contributed by atoms with Crippen molar-refractivity contribution in [1.82, 2.24) is 9.38 Å². The van der Waals surface area contributed by atoms with Crippen molar-refractivity contribution >= 4 is 45.5 Å². The van der Waals surface area contributed by atoms with E-state index in [1.807, 2.05) is 53.9 Å². The second-order valence-electron chi connectivity index (χ2n) is 7.92. The maximum atomic E-state index is 12.9. The van der Waals surface area contributed by atoms with Gasteiger partial charge in [-0.15, -0.1) is 11.3 Å². The highest BCUT2D eigenvalue weighted by atomic mass is 32.1. The molecule has 180 valence electrons. The van der Waals surface area contributed by atoms with Crippen LogP contribution in [-0.4, -0.2) is 33.8 Å². The molecule has 3 heterocycles. The van der Waals surface area contributed by atoms with Gasteiger partial charge in [0.1, 0.15) is 10.6 Å². The van der Waals surface area contributed by atoms with Crippen molar-refractivity contribution in [3.63, 3.8) is 0 Å². The van der Waals surface area contributed by atoms with E-state index in [-0.39, 0.29) is 30.4 Å². The van der Waals surface area contributed by atoms with E-state index in [0.29, 0.717) is 27.5 Å². The van der Waals surface area contributed by atoms with Crippen molar-refractivity contribution < 1.29 is 19.1 Å². The maximum absolute atomic E-state index is 12.9. The number of ether oxygens (including phenoxy) is 1. The molecule has 0 aliphatic heterocycles. The Labute approximate surface area is 207 Å². The molecule has 0 saturated heterocycles. The molecule has 2 N–H and O–H groups in total. The normalized spacial score (nSPS) is 10.8. The van der Waals surface area contributed by atoms with E-state index in [9.17, 15) is 14.4 Å². The molecule has 0 radical (unpaired) electrons. The third-order valence-corrected chi connectivity index (χ3v) is 6.74. The zero-order valence-corrected chi connectivity index (χ0v) is 20.6. The van der Waals surface area contributed by atoms with E-state index < -0.39 is 5.97 Å². The van der Waals surface area contributed by atoms with Gasteiger partial charge < -0.3 is 19.8 Å². The number of anilines is 2. The number of fused-ring (bicyclic) bond motifs is 1. The molecule has 0 aliphatic carbocycles. The predicted octanol–water partition coefficient (Wildman–Crippen LogP) is 5.01. The number of carbonyl (C=O) groups excluding carboxylic acids is 3. The van der Waals surface area contributed by atoms with Crippen LogP contribution in [0.25, 0.3) is 5.65 Å². The second-order valence-corrected chi connectivity index (χ2v) is 8.94. The molecule has 0 unspecified atom stereocenters. The summed E-state index contributed by atoms with van der Waals surface area (Å²) in [6.07, 6.45) is 2.58. The van der Waals surface area contributed by atoms with Crippen LogP contribution >= 0.6 is 11.3 Å². The van der Waals surface area contributed by atoms with E-state index in [2.05, 4.69) is 15.6 Å². The van der Waals surface area contributed by atoms with Gasteiger partial charge in [-0.05, 0) is 57.0 Å². The Morgan fingerprint density at radius 1 is 1.03 bits per heavy atom. The lowest BCUT2D eigenvalue weighted by molar-refractivity contribution is -0.116. The van der Waals surface area contributed by atoms with Gasteiger partial charge in [-0.3, -0.25) is 9.59 Å². The summed E-state index contributed by atoms with van der Waals surface area (Å²) in [5.74, 6) is -1.20. The second kappa shape index (κ2) is 10.5. The van der Waals surface area contributed by atoms with Crippen LogP contribution in [-0.2, 0) is 16.0 Å². The number of carbonyl (C=O) groups is 3. The maximum Gasteiger partial charge on any atom is 0.341 e. The van der Waals surface area contributed by atoms with Crippen LogP contribution in [0.4, 0.5) is 10.7 Å². The van der Waals surface area contributed by atoms with E-state index in [1.54, 1.807) is 26.0 Å². The summed E-state index contributed by atoms with van der Waals surface area (Å²) in [5.41, 5.74) is 3.95. The molecule has 1 aromatic carbocycles. The van der Waals surface area contributed by atoms with Crippen LogP contribution in [0.15, 0.2) is 54.7 Å². The lowest BCUT2D eigenvalue weighted by atomic mass is 10.1. The average molecular weight is 491 g/mol. The number of amides is 2. The van der Waals surface area contributed by atoms with Gasteiger partial charge in [0.2, 0.25) is 5.91 Å². The fourth-order valence-corrected chi connectivity index (χ4v) is 4.97. The minimum atomic E-state index is -0.576. The van der Waals surface area contributed by atoms with E-state index in [4.69, 9.17) is 4.74 Å². The molecule has 0 spiro atoms.